The SMILES string of the molecule is CS(=O)(=O)NC1CC2CC1N(C(=O)Nc1ccc(F)cc1F)C2. The minimum absolute atomic E-state index is 0.105. The highest BCUT2D eigenvalue weighted by Crippen LogP contribution is 2.38. The molecule has 1 heterocycles. The zero-order chi connectivity index (χ0) is 16.8. The van der Waals surface area contributed by atoms with Crippen LogP contribution in [-0.2, 0) is 10.0 Å². The van der Waals surface area contributed by atoms with Crippen molar-refractivity contribution >= 4 is 21.7 Å². The number of benzene rings is 1. The van der Waals surface area contributed by atoms with Crippen LogP contribution in [-0.4, -0.2) is 44.2 Å². The van der Waals surface area contributed by atoms with Gasteiger partial charge in [0, 0.05) is 18.7 Å². The highest BCUT2D eigenvalue weighted by molar-refractivity contribution is 7.88. The van der Waals surface area contributed by atoms with E-state index < -0.39 is 27.7 Å². The summed E-state index contributed by atoms with van der Waals surface area (Å²) in [7, 11) is -3.36. The molecule has 3 rings (SSSR count). The Morgan fingerprint density at radius 2 is 2.04 bits per heavy atom. The van der Waals surface area contributed by atoms with Crippen LogP contribution in [0.15, 0.2) is 18.2 Å². The molecule has 126 valence electrons. The second kappa shape index (κ2) is 5.72. The maximum Gasteiger partial charge on any atom is 0.322 e. The number of nitrogens with one attached hydrogen (secondary N) is 2. The van der Waals surface area contributed by atoms with Crippen molar-refractivity contribution in [2.45, 2.75) is 24.9 Å². The molecule has 1 aliphatic carbocycles. The van der Waals surface area contributed by atoms with E-state index in [9.17, 15) is 22.0 Å². The quantitative estimate of drug-likeness (QED) is 0.872. The van der Waals surface area contributed by atoms with E-state index in [1.54, 1.807) is 0 Å². The first-order chi connectivity index (χ1) is 10.7. The van der Waals surface area contributed by atoms with Crippen molar-refractivity contribution in [3.8, 4) is 0 Å². The van der Waals surface area contributed by atoms with E-state index in [1.807, 2.05) is 0 Å². The van der Waals surface area contributed by atoms with Gasteiger partial charge in [-0.25, -0.2) is 26.7 Å². The molecule has 1 aliphatic heterocycles. The van der Waals surface area contributed by atoms with Crippen LogP contribution in [0.4, 0.5) is 19.3 Å². The Kier molecular flexibility index (Phi) is 4.01. The summed E-state index contributed by atoms with van der Waals surface area (Å²) in [5, 5.41) is 2.42. The summed E-state index contributed by atoms with van der Waals surface area (Å²) in [6.07, 6.45) is 2.48. The summed E-state index contributed by atoms with van der Waals surface area (Å²) >= 11 is 0. The number of piperidine rings is 1. The Labute approximate surface area is 132 Å². The van der Waals surface area contributed by atoms with Gasteiger partial charge in [-0.1, -0.05) is 0 Å². The minimum Gasteiger partial charge on any atom is -0.320 e. The molecule has 1 saturated heterocycles. The number of amides is 2. The van der Waals surface area contributed by atoms with E-state index in [0.29, 0.717) is 25.5 Å². The molecule has 0 radical (unpaired) electrons. The zero-order valence-electron chi connectivity index (χ0n) is 12.4. The second-order valence-corrected chi connectivity index (χ2v) is 7.89. The average Bonchev–Trinajstić information content (AvgIpc) is 2.99. The molecule has 3 atom stereocenters. The monoisotopic (exact) mass is 345 g/mol. The number of hydrogen-bond donors (Lipinski definition) is 2. The van der Waals surface area contributed by atoms with Gasteiger partial charge in [-0.15, -0.1) is 0 Å². The van der Waals surface area contributed by atoms with Crippen LogP contribution in [0.3, 0.4) is 0 Å². The van der Waals surface area contributed by atoms with Gasteiger partial charge in [-0.05, 0) is 30.9 Å². The molecule has 1 aromatic carbocycles. The molecule has 2 bridgehead atoms. The molecule has 9 heteroatoms. The number of hydrogen-bond acceptors (Lipinski definition) is 3. The Morgan fingerprint density at radius 1 is 1.30 bits per heavy atom. The molecule has 2 amide bonds. The minimum atomic E-state index is -3.36. The van der Waals surface area contributed by atoms with E-state index in [2.05, 4.69) is 10.0 Å². The fourth-order valence-electron chi connectivity index (χ4n) is 3.44. The first-order valence-corrected chi connectivity index (χ1v) is 9.12. The maximum absolute atomic E-state index is 13.6. The number of fused-ring (bicyclic) bond motifs is 2. The van der Waals surface area contributed by atoms with Crippen LogP contribution >= 0.6 is 0 Å². The third-order valence-corrected chi connectivity index (χ3v) is 5.01. The standard InChI is InChI=1S/C14H17F2N3O3S/c1-23(21,22)18-12-4-8-5-13(12)19(7-8)14(20)17-11-3-2-9(15)6-10(11)16/h2-3,6,8,12-13,18H,4-5,7H2,1H3,(H,17,20). The number of halogens is 2. The number of urea groups is 1. The van der Waals surface area contributed by atoms with E-state index in [-0.39, 0.29) is 23.7 Å². The van der Waals surface area contributed by atoms with Crippen molar-refractivity contribution in [2.24, 2.45) is 5.92 Å². The molecule has 23 heavy (non-hydrogen) atoms. The predicted molar refractivity (Wildman–Crippen MR) is 80.4 cm³/mol. The summed E-state index contributed by atoms with van der Waals surface area (Å²) < 4.78 is 51.8. The summed E-state index contributed by atoms with van der Waals surface area (Å²) in [4.78, 5) is 13.8. The van der Waals surface area contributed by atoms with Crippen LogP contribution in [0.2, 0.25) is 0 Å². The fraction of sp³-hybridized carbons (Fsp3) is 0.500. The smallest absolute Gasteiger partial charge is 0.320 e. The number of carbonyl (C=O) groups is 1. The molecule has 2 N–H and O–H groups in total. The Bertz CT molecular complexity index is 741. The van der Waals surface area contributed by atoms with Gasteiger partial charge in [0.2, 0.25) is 10.0 Å². The molecule has 2 fully saturated rings. The topological polar surface area (TPSA) is 78.5 Å². The summed E-state index contributed by atoms with van der Waals surface area (Å²) in [6, 6.07) is 1.82. The normalized spacial score (nSPS) is 26.6. The van der Waals surface area contributed by atoms with Crippen LogP contribution in [0.25, 0.3) is 0 Å². The highest BCUT2D eigenvalue weighted by Gasteiger charge is 2.47. The van der Waals surface area contributed by atoms with Gasteiger partial charge in [-0.3, -0.25) is 0 Å². The zero-order valence-corrected chi connectivity index (χ0v) is 13.2. The van der Waals surface area contributed by atoms with Gasteiger partial charge in [0.1, 0.15) is 11.6 Å². The van der Waals surface area contributed by atoms with E-state index in [1.165, 1.54) is 4.90 Å². The van der Waals surface area contributed by atoms with Crippen LogP contribution in [0.5, 0.6) is 0 Å². The van der Waals surface area contributed by atoms with Crippen LogP contribution < -0.4 is 10.0 Å². The number of carbonyl (C=O) groups excluding carboxylic acids is 1. The number of anilines is 1. The molecular weight excluding hydrogens is 328 g/mol. The van der Waals surface area contributed by atoms with Crippen molar-refractivity contribution < 1.29 is 22.0 Å². The van der Waals surface area contributed by atoms with Crippen molar-refractivity contribution in [1.82, 2.24) is 9.62 Å². The van der Waals surface area contributed by atoms with Gasteiger partial charge < -0.3 is 10.2 Å². The lowest BCUT2D eigenvalue weighted by Crippen LogP contribution is -2.52. The van der Waals surface area contributed by atoms with Gasteiger partial charge >= 0.3 is 6.03 Å². The summed E-state index contributed by atoms with van der Waals surface area (Å²) in [5.74, 6) is -1.35. The number of sulfonamides is 1. The number of nitrogens with zero attached hydrogens (tertiary/aromatic N) is 1. The van der Waals surface area contributed by atoms with Crippen molar-refractivity contribution in [2.75, 3.05) is 18.1 Å². The lowest BCUT2D eigenvalue weighted by atomic mass is 10.1. The Morgan fingerprint density at radius 3 is 2.65 bits per heavy atom. The Hall–Kier alpha value is -1.74. The molecule has 1 aromatic rings. The van der Waals surface area contributed by atoms with E-state index >= 15 is 0 Å². The average molecular weight is 345 g/mol. The predicted octanol–water partition coefficient (Wildman–Crippen LogP) is 1.51. The Balaban J connectivity index is 1.71. The fourth-order valence-corrected chi connectivity index (χ4v) is 4.24. The third-order valence-electron chi connectivity index (χ3n) is 4.28. The van der Waals surface area contributed by atoms with Gasteiger partial charge in [-0.2, -0.15) is 0 Å². The van der Waals surface area contributed by atoms with Crippen molar-refractivity contribution in [3.05, 3.63) is 29.8 Å². The number of rotatable bonds is 3. The summed E-state index contributed by atoms with van der Waals surface area (Å²) in [5.41, 5.74) is -0.105. The van der Waals surface area contributed by atoms with Gasteiger partial charge in [0.25, 0.3) is 0 Å². The first kappa shape index (κ1) is 16.1. The second-order valence-electron chi connectivity index (χ2n) is 6.11. The molecular formula is C14H17F2N3O3S. The third kappa shape index (κ3) is 3.45. The first-order valence-electron chi connectivity index (χ1n) is 7.23. The number of likely N-dealkylation sites (tertiary alicyclic amines) is 1. The molecule has 3 unspecified atom stereocenters. The van der Waals surface area contributed by atoms with E-state index in [4.69, 9.17) is 0 Å². The lowest BCUT2D eigenvalue weighted by Gasteiger charge is -2.33. The molecule has 2 aliphatic rings. The summed E-state index contributed by atoms with van der Waals surface area (Å²) in [6.45, 7) is 0.501. The molecule has 0 aromatic heterocycles. The van der Waals surface area contributed by atoms with Gasteiger partial charge in [0.05, 0.1) is 18.0 Å². The maximum atomic E-state index is 13.6. The van der Waals surface area contributed by atoms with Crippen LogP contribution in [0.1, 0.15) is 12.8 Å². The van der Waals surface area contributed by atoms with Gasteiger partial charge in [0.15, 0.2) is 0 Å². The van der Waals surface area contributed by atoms with Crippen LogP contribution in [0, 0.1) is 17.6 Å². The lowest BCUT2D eigenvalue weighted by molar-refractivity contribution is 0.183. The van der Waals surface area contributed by atoms with Crippen molar-refractivity contribution in [1.29, 1.82) is 0 Å². The van der Waals surface area contributed by atoms with E-state index in [0.717, 1.165) is 18.4 Å². The molecule has 6 nitrogen and oxygen atoms in total. The molecule has 1 saturated carbocycles. The molecule has 0 spiro atoms. The highest BCUT2D eigenvalue weighted by atomic mass is 32.2. The largest absolute Gasteiger partial charge is 0.322 e. The van der Waals surface area contributed by atoms with Crippen molar-refractivity contribution in [3.63, 3.8) is 0 Å².